The maximum Gasteiger partial charge on any atom is 0.335 e. The van der Waals surface area contributed by atoms with E-state index in [4.69, 9.17) is 16.6 Å². The number of likely N-dealkylation sites (N-methyl/N-ethyl adjacent to an activating group) is 2. The molecule has 2 aromatic rings. The first-order valence-electron chi connectivity index (χ1n) is 7.97. The van der Waals surface area contributed by atoms with Crippen molar-refractivity contribution in [1.29, 1.82) is 0 Å². The third-order valence-corrected chi connectivity index (χ3v) is 4.93. The summed E-state index contributed by atoms with van der Waals surface area (Å²) in [6, 6.07) is 8.17. The molecule has 1 saturated heterocycles. The Hall–Kier alpha value is -3.26. The van der Waals surface area contributed by atoms with Gasteiger partial charge in [0, 0.05) is 19.7 Å². The zero-order chi connectivity index (χ0) is 19.9. The topological polar surface area (TPSA) is 91.1 Å². The van der Waals surface area contributed by atoms with Gasteiger partial charge in [0.1, 0.15) is 17.1 Å². The van der Waals surface area contributed by atoms with E-state index in [1.54, 1.807) is 31.2 Å². The molecular weight excluding hydrogens is 368 g/mol. The minimum absolute atomic E-state index is 0.0643. The molecule has 1 aliphatic heterocycles. The second-order valence-electron chi connectivity index (χ2n) is 6.05. The molecule has 1 aromatic heterocycles. The van der Waals surface area contributed by atoms with Crippen molar-refractivity contribution in [3.05, 3.63) is 52.8 Å². The lowest BCUT2D eigenvalue weighted by molar-refractivity contribution is -0.132. The van der Waals surface area contributed by atoms with E-state index in [2.05, 4.69) is 0 Å². The van der Waals surface area contributed by atoms with Crippen molar-refractivity contribution in [3.8, 4) is 11.3 Å². The third kappa shape index (κ3) is 3.15. The van der Waals surface area contributed by atoms with Crippen molar-refractivity contribution >= 4 is 41.2 Å². The average molecular weight is 384 g/mol. The number of carboxylic acid groups (broad SMARTS) is 1. The lowest BCUT2D eigenvalue weighted by Gasteiger charge is -2.31. The van der Waals surface area contributed by atoms with Gasteiger partial charge in [-0.1, -0.05) is 12.1 Å². The first-order valence-corrected chi connectivity index (χ1v) is 8.38. The van der Waals surface area contributed by atoms with Crippen LogP contribution in [0.25, 0.3) is 17.4 Å². The molecule has 0 spiro atoms. The van der Waals surface area contributed by atoms with Crippen LogP contribution in [0, 0.1) is 6.92 Å². The van der Waals surface area contributed by atoms with Crippen LogP contribution in [-0.2, 0) is 9.59 Å². The Morgan fingerprint density at radius 3 is 2.33 bits per heavy atom. The van der Waals surface area contributed by atoms with Crippen LogP contribution in [-0.4, -0.2) is 51.9 Å². The van der Waals surface area contributed by atoms with Crippen molar-refractivity contribution in [2.24, 2.45) is 0 Å². The minimum Gasteiger partial charge on any atom is -0.478 e. The van der Waals surface area contributed by atoms with Crippen molar-refractivity contribution < 1.29 is 23.9 Å². The lowest BCUT2D eigenvalue weighted by Crippen LogP contribution is -2.52. The number of nitrogens with zero attached hydrogens (tertiary/aromatic N) is 2. The minimum atomic E-state index is -1.02. The highest BCUT2D eigenvalue weighted by atomic mass is 32.1. The summed E-state index contributed by atoms with van der Waals surface area (Å²) in [5.74, 6) is -1.30. The number of carboxylic acids is 1. The summed E-state index contributed by atoms with van der Waals surface area (Å²) in [5, 5.41) is 9.38. The fourth-order valence-electron chi connectivity index (χ4n) is 2.83. The molecule has 2 amide bonds. The number of furan rings is 1. The molecule has 1 aromatic carbocycles. The molecule has 0 saturated carbocycles. The van der Waals surface area contributed by atoms with E-state index < -0.39 is 17.8 Å². The molecule has 3 rings (SSSR count). The smallest absolute Gasteiger partial charge is 0.335 e. The maximum absolute atomic E-state index is 12.4. The van der Waals surface area contributed by atoms with E-state index in [1.165, 1.54) is 36.0 Å². The summed E-state index contributed by atoms with van der Waals surface area (Å²) in [6.07, 6.45) is 1.36. The van der Waals surface area contributed by atoms with E-state index in [-0.39, 0.29) is 16.2 Å². The number of thiocarbonyl (C=S) groups is 1. The van der Waals surface area contributed by atoms with Crippen LogP contribution in [0.15, 0.2) is 40.3 Å². The standard InChI is InChI=1S/C19H16N2O5S/c1-10-12(5-4-6-13(10)18(24)25)15-8-7-11(26-15)9-14-16(22)20(2)19(27)21(3)17(14)23/h4-9H,1-3H3,(H,24,25). The maximum atomic E-state index is 12.4. The van der Waals surface area contributed by atoms with E-state index in [0.717, 1.165) is 0 Å². The molecule has 8 heteroatoms. The summed E-state index contributed by atoms with van der Waals surface area (Å²) in [4.78, 5) is 38.5. The second-order valence-corrected chi connectivity index (χ2v) is 6.42. The molecule has 1 aliphatic rings. The van der Waals surface area contributed by atoms with Gasteiger partial charge in [0.05, 0.1) is 5.56 Å². The van der Waals surface area contributed by atoms with Gasteiger partial charge in [-0.15, -0.1) is 0 Å². The molecule has 0 unspecified atom stereocenters. The lowest BCUT2D eigenvalue weighted by atomic mass is 10.0. The van der Waals surface area contributed by atoms with E-state index in [0.29, 0.717) is 22.6 Å². The number of amides is 2. The van der Waals surface area contributed by atoms with E-state index in [9.17, 15) is 19.5 Å². The molecule has 2 heterocycles. The first-order chi connectivity index (χ1) is 12.7. The highest BCUT2D eigenvalue weighted by molar-refractivity contribution is 7.80. The summed E-state index contributed by atoms with van der Waals surface area (Å²) in [5.41, 5.74) is 1.30. The van der Waals surface area contributed by atoms with Crippen LogP contribution in [0.1, 0.15) is 21.7 Å². The van der Waals surface area contributed by atoms with Crippen molar-refractivity contribution in [3.63, 3.8) is 0 Å². The zero-order valence-corrected chi connectivity index (χ0v) is 15.7. The molecule has 1 N–H and O–H groups in total. The van der Waals surface area contributed by atoms with Gasteiger partial charge in [0.2, 0.25) is 0 Å². The largest absolute Gasteiger partial charge is 0.478 e. The fourth-order valence-corrected chi connectivity index (χ4v) is 2.99. The predicted molar refractivity (Wildman–Crippen MR) is 102 cm³/mol. The summed E-state index contributed by atoms with van der Waals surface area (Å²) in [6.45, 7) is 1.69. The molecule has 0 bridgehead atoms. The van der Waals surface area contributed by atoms with Crippen LogP contribution in [0.5, 0.6) is 0 Å². The fraction of sp³-hybridized carbons (Fsp3) is 0.158. The second kappa shape index (κ2) is 6.81. The Kier molecular flexibility index (Phi) is 4.67. The Bertz CT molecular complexity index is 995. The Morgan fingerprint density at radius 1 is 1.11 bits per heavy atom. The van der Waals surface area contributed by atoms with Crippen molar-refractivity contribution in [2.75, 3.05) is 14.1 Å². The van der Waals surface area contributed by atoms with Gasteiger partial charge < -0.3 is 9.52 Å². The van der Waals surface area contributed by atoms with E-state index >= 15 is 0 Å². The van der Waals surface area contributed by atoms with Gasteiger partial charge in [0.15, 0.2) is 5.11 Å². The van der Waals surface area contributed by atoms with Gasteiger partial charge in [-0.3, -0.25) is 19.4 Å². The van der Waals surface area contributed by atoms with Crippen molar-refractivity contribution in [2.45, 2.75) is 6.92 Å². The molecule has 0 atom stereocenters. The Labute approximate surface area is 160 Å². The van der Waals surface area contributed by atoms with Gasteiger partial charge in [-0.05, 0) is 49.0 Å². The summed E-state index contributed by atoms with van der Waals surface area (Å²) >= 11 is 5.05. The van der Waals surface area contributed by atoms with Crippen molar-refractivity contribution in [1.82, 2.24) is 9.80 Å². The molecule has 0 radical (unpaired) electrons. The Balaban J connectivity index is 2.00. The molecule has 27 heavy (non-hydrogen) atoms. The highest BCUT2D eigenvalue weighted by Gasteiger charge is 2.35. The van der Waals surface area contributed by atoms with Gasteiger partial charge in [0.25, 0.3) is 11.8 Å². The van der Waals surface area contributed by atoms with Gasteiger partial charge >= 0.3 is 5.97 Å². The average Bonchev–Trinajstić information content (AvgIpc) is 3.10. The van der Waals surface area contributed by atoms with Crippen LogP contribution < -0.4 is 0 Å². The summed E-state index contributed by atoms with van der Waals surface area (Å²) in [7, 11) is 2.99. The number of rotatable bonds is 3. The molecule has 138 valence electrons. The van der Waals surface area contributed by atoms with Gasteiger partial charge in [-0.25, -0.2) is 4.79 Å². The highest BCUT2D eigenvalue weighted by Crippen LogP contribution is 2.29. The Morgan fingerprint density at radius 2 is 1.74 bits per heavy atom. The number of carbonyl (C=O) groups is 3. The SMILES string of the molecule is Cc1c(C(=O)O)cccc1-c1ccc(C=C2C(=O)N(C)C(=S)N(C)C2=O)o1. The number of carbonyl (C=O) groups excluding carboxylic acids is 2. The number of hydrogen-bond acceptors (Lipinski definition) is 5. The molecule has 7 nitrogen and oxygen atoms in total. The molecular formula is C19H16N2O5S. The summed E-state index contributed by atoms with van der Waals surface area (Å²) < 4.78 is 5.74. The molecule has 0 aliphatic carbocycles. The number of hydrogen-bond donors (Lipinski definition) is 1. The van der Waals surface area contributed by atoms with Crippen LogP contribution in [0.4, 0.5) is 0 Å². The number of aromatic carboxylic acids is 1. The zero-order valence-electron chi connectivity index (χ0n) is 14.8. The van der Waals surface area contributed by atoms with Crippen LogP contribution in [0.3, 0.4) is 0 Å². The quantitative estimate of drug-likeness (QED) is 0.497. The molecule has 1 fully saturated rings. The predicted octanol–water partition coefficient (Wildman–Crippen LogP) is 2.55. The first kappa shape index (κ1) is 18.5. The third-order valence-electron chi connectivity index (χ3n) is 4.39. The monoisotopic (exact) mass is 384 g/mol. The van der Waals surface area contributed by atoms with Gasteiger partial charge in [-0.2, -0.15) is 0 Å². The van der Waals surface area contributed by atoms with E-state index in [1.807, 2.05) is 0 Å². The number of benzene rings is 1. The van der Waals surface area contributed by atoms with Crippen LogP contribution in [0.2, 0.25) is 0 Å². The normalized spacial score (nSPS) is 14.8. The van der Waals surface area contributed by atoms with Crippen LogP contribution >= 0.6 is 12.2 Å².